The van der Waals surface area contributed by atoms with Gasteiger partial charge in [0, 0.05) is 22.3 Å². The van der Waals surface area contributed by atoms with Crippen LogP contribution >= 0.6 is 23.4 Å². The van der Waals surface area contributed by atoms with Crippen LogP contribution in [0.2, 0.25) is 5.02 Å². The van der Waals surface area contributed by atoms with Gasteiger partial charge in [-0.1, -0.05) is 23.4 Å². The van der Waals surface area contributed by atoms with Crippen LogP contribution in [0, 0.1) is 0 Å². The van der Waals surface area contributed by atoms with E-state index in [9.17, 15) is 9.59 Å². The van der Waals surface area contributed by atoms with E-state index in [2.05, 4.69) is 20.4 Å². The monoisotopic (exact) mass is 441 g/mol. The highest BCUT2D eigenvalue weighted by molar-refractivity contribution is 7.99. The fourth-order valence-corrected chi connectivity index (χ4v) is 3.59. The fourth-order valence-electron chi connectivity index (χ4n) is 2.71. The maximum absolute atomic E-state index is 12.3. The van der Waals surface area contributed by atoms with Crippen LogP contribution in [0.1, 0.15) is 0 Å². The number of methoxy groups -OCH3 is 1. The average Bonchev–Trinajstić information content (AvgIpc) is 3.14. The molecular formula is C20H16ClN5O3S. The number of halogens is 1. The SMILES string of the molecule is COc1ccc(-c2nc(SCC(=O)Nc3ccc(Cl)cc3)n3[nH]c(=O)cc3n2)cc1. The summed E-state index contributed by atoms with van der Waals surface area (Å²) in [6, 6.07) is 15.5. The van der Waals surface area contributed by atoms with Gasteiger partial charge in [0.1, 0.15) is 5.75 Å². The summed E-state index contributed by atoms with van der Waals surface area (Å²) in [4.78, 5) is 33.1. The summed E-state index contributed by atoms with van der Waals surface area (Å²) in [5, 5.41) is 6.48. The molecule has 30 heavy (non-hydrogen) atoms. The lowest BCUT2D eigenvalue weighted by Crippen LogP contribution is -2.15. The average molecular weight is 442 g/mol. The molecule has 0 spiro atoms. The third-order valence-electron chi connectivity index (χ3n) is 4.13. The van der Waals surface area contributed by atoms with E-state index >= 15 is 0 Å². The van der Waals surface area contributed by atoms with Crippen molar-refractivity contribution in [1.82, 2.24) is 19.6 Å². The number of rotatable bonds is 6. The second-order valence-corrected chi connectivity index (χ2v) is 7.59. The molecule has 0 aliphatic rings. The number of H-pyrrole nitrogens is 1. The Morgan fingerprint density at radius 3 is 2.60 bits per heavy atom. The molecule has 2 heterocycles. The lowest BCUT2D eigenvalue weighted by atomic mass is 10.2. The largest absolute Gasteiger partial charge is 0.497 e. The first-order valence-electron chi connectivity index (χ1n) is 8.84. The summed E-state index contributed by atoms with van der Waals surface area (Å²) in [7, 11) is 1.59. The van der Waals surface area contributed by atoms with Crippen LogP contribution in [0.15, 0.2) is 64.5 Å². The van der Waals surface area contributed by atoms with Crippen LogP contribution in [0.3, 0.4) is 0 Å². The van der Waals surface area contributed by atoms with Gasteiger partial charge in [-0.3, -0.25) is 14.7 Å². The summed E-state index contributed by atoms with van der Waals surface area (Å²) < 4.78 is 6.64. The number of nitrogens with zero attached hydrogens (tertiary/aromatic N) is 3. The highest BCUT2D eigenvalue weighted by Crippen LogP contribution is 2.23. The van der Waals surface area contributed by atoms with Gasteiger partial charge in [0.05, 0.1) is 12.9 Å². The first kappa shape index (κ1) is 20.0. The van der Waals surface area contributed by atoms with Crippen molar-refractivity contribution in [3.8, 4) is 17.1 Å². The molecule has 0 saturated heterocycles. The van der Waals surface area contributed by atoms with Crippen molar-refractivity contribution in [1.29, 1.82) is 0 Å². The maximum atomic E-state index is 12.3. The predicted molar refractivity (Wildman–Crippen MR) is 116 cm³/mol. The number of fused-ring (bicyclic) bond motifs is 1. The molecule has 4 rings (SSSR count). The third kappa shape index (κ3) is 4.47. The summed E-state index contributed by atoms with van der Waals surface area (Å²) in [5.74, 6) is 1.04. The Hall–Kier alpha value is -3.30. The molecule has 10 heteroatoms. The van der Waals surface area contributed by atoms with Gasteiger partial charge in [0.25, 0.3) is 5.56 Å². The minimum absolute atomic E-state index is 0.0942. The molecule has 1 amide bonds. The van der Waals surface area contributed by atoms with Crippen molar-refractivity contribution in [3.05, 3.63) is 70.0 Å². The first-order chi connectivity index (χ1) is 14.5. The van der Waals surface area contributed by atoms with Crippen molar-refractivity contribution in [2.24, 2.45) is 0 Å². The van der Waals surface area contributed by atoms with Gasteiger partial charge in [0.2, 0.25) is 5.91 Å². The highest BCUT2D eigenvalue weighted by atomic mass is 35.5. The Kier molecular flexibility index (Phi) is 5.73. The molecule has 8 nitrogen and oxygen atoms in total. The zero-order valence-corrected chi connectivity index (χ0v) is 17.3. The third-order valence-corrected chi connectivity index (χ3v) is 5.32. The molecule has 0 unspecified atom stereocenters. The topological polar surface area (TPSA) is 101 Å². The second-order valence-electron chi connectivity index (χ2n) is 6.22. The Morgan fingerprint density at radius 2 is 1.90 bits per heavy atom. The van der Waals surface area contributed by atoms with Gasteiger partial charge < -0.3 is 10.1 Å². The normalized spacial score (nSPS) is 10.9. The fraction of sp³-hybridized carbons (Fsp3) is 0.100. The molecule has 152 valence electrons. The van der Waals surface area contributed by atoms with Crippen molar-refractivity contribution < 1.29 is 9.53 Å². The van der Waals surface area contributed by atoms with Crippen molar-refractivity contribution in [2.75, 3.05) is 18.2 Å². The lowest BCUT2D eigenvalue weighted by Gasteiger charge is -2.08. The number of ether oxygens (including phenoxy) is 1. The standard InChI is InChI=1S/C20H16ClN5O3S/c1-29-15-8-2-12(3-9-15)19-23-16-10-17(27)25-26(16)20(24-19)30-11-18(28)22-14-6-4-13(21)5-7-14/h2-10H,11H2,1H3,(H,22,28)(H,25,27). The molecule has 2 aromatic carbocycles. The second kappa shape index (κ2) is 8.60. The summed E-state index contributed by atoms with van der Waals surface area (Å²) in [6.07, 6.45) is 0. The van der Waals surface area contributed by atoms with Gasteiger partial charge in [-0.2, -0.15) is 0 Å². The minimum Gasteiger partial charge on any atom is -0.497 e. The molecule has 0 bridgehead atoms. The summed E-state index contributed by atoms with van der Waals surface area (Å²) in [5.41, 5.74) is 1.52. The Bertz CT molecular complexity index is 1250. The van der Waals surface area contributed by atoms with E-state index in [0.29, 0.717) is 33.1 Å². The quantitative estimate of drug-likeness (QED) is 0.444. The molecule has 0 radical (unpaired) electrons. The van der Waals surface area contributed by atoms with E-state index < -0.39 is 0 Å². The van der Waals surface area contributed by atoms with Crippen LogP contribution in [-0.4, -0.2) is 38.4 Å². The number of nitrogens with one attached hydrogen (secondary N) is 2. The number of amides is 1. The van der Waals surface area contributed by atoms with Crippen LogP contribution in [0.5, 0.6) is 5.75 Å². The van der Waals surface area contributed by atoms with Gasteiger partial charge >= 0.3 is 0 Å². The Balaban J connectivity index is 1.58. The van der Waals surface area contributed by atoms with Crippen molar-refractivity contribution in [3.63, 3.8) is 0 Å². The van der Waals surface area contributed by atoms with Gasteiger partial charge in [-0.15, -0.1) is 0 Å². The van der Waals surface area contributed by atoms with E-state index in [1.807, 2.05) is 12.1 Å². The van der Waals surface area contributed by atoms with E-state index in [1.165, 1.54) is 22.3 Å². The maximum Gasteiger partial charge on any atom is 0.266 e. The molecule has 0 aliphatic carbocycles. The van der Waals surface area contributed by atoms with Crippen LogP contribution in [0.25, 0.3) is 17.0 Å². The van der Waals surface area contributed by atoms with Crippen molar-refractivity contribution >= 4 is 40.6 Å². The number of aromatic nitrogens is 4. The molecule has 0 aliphatic heterocycles. The number of carbonyl (C=O) groups excluding carboxylic acids is 1. The van der Waals surface area contributed by atoms with Crippen molar-refractivity contribution in [2.45, 2.75) is 5.16 Å². The van der Waals surface area contributed by atoms with Gasteiger partial charge in [-0.05, 0) is 48.5 Å². The zero-order chi connectivity index (χ0) is 21.1. The summed E-state index contributed by atoms with van der Waals surface area (Å²) >= 11 is 7.05. The summed E-state index contributed by atoms with van der Waals surface area (Å²) in [6.45, 7) is 0. The van der Waals surface area contributed by atoms with E-state index in [4.69, 9.17) is 16.3 Å². The minimum atomic E-state index is -0.302. The molecule has 0 fully saturated rings. The molecule has 0 atom stereocenters. The van der Waals surface area contributed by atoms with Crippen LogP contribution < -0.4 is 15.6 Å². The van der Waals surface area contributed by atoms with E-state index in [-0.39, 0.29) is 17.2 Å². The van der Waals surface area contributed by atoms with Crippen LogP contribution in [0.4, 0.5) is 5.69 Å². The molecule has 2 N–H and O–H groups in total. The number of hydrogen-bond acceptors (Lipinski definition) is 6. The van der Waals surface area contributed by atoms with Gasteiger partial charge in [0.15, 0.2) is 16.6 Å². The number of carbonyl (C=O) groups is 1. The highest BCUT2D eigenvalue weighted by Gasteiger charge is 2.13. The molecular weight excluding hydrogens is 426 g/mol. The van der Waals surface area contributed by atoms with Crippen LogP contribution in [-0.2, 0) is 4.79 Å². The molecule has 0 saturated carbocycles. The predicted octanol–water partition coefficient (Wildman–Crippen LogP) is 3.48. The molecule has 4 aromatic rings. The number of thioether (sulfide) groups is 1. The number of aromatic amines is 1. The first-order valence-corrected chi connectivity index (χ1v) is 10.2. The Morgan fingerprint density at radius 1 is 1.17 bits per heavy atom. The lowest BCUT2D eigenvalue weighted by molar-refractivity contribution is -0.113. The zero-order valence-electron chi connectivity index (χ0n) is 15.8. The smallest absolute Gasteiger partial charge is 0.266 e. The van der Waals surface area contributed by atoms with Gasteiger partial charge in [-0.25, -0.2) is 14.5 Å². The molecule has 2 aromatic heterocycles. The van der Waals surface area contributed by atoms with E-state index in [0.717, 1.165) is 5.56 Å². The van der Waals surface area contributed by atoms with E-state index in [1.54, 1.807) is 43.5 Å². The number of anilines is 1. The number of hydrogen-bond donors (Lipinski definition) is 2. The Labute approximate surface area is 180 Å². The number of benzene rings is 2.